The monoisotopic (exact) mass is 549 g/mol. The van der Waals surface area contributed by atoms with Crippen molar-refractivity contribution in [3.05, 3.63) is 71.3 Å². The van der Waals surface area contributed by atoms with Crippen LogP contribution < -0.4 is 21.5 Å². The van der Waals surface area contributed by atoms with Gasteiger partial charge in [0.1, 0.15) is 17.8 Å². The zero-order chi connectivity index (χ0) is 29.4. The van der Waals surface area contributed by atoms with E-state index < -0.39 is 18.2 Å². The van der Waals surface area contributed by atoms with Crippen molar-refractivity contribution in [2.24, 2.45) is 5.73 Å². The quantitative estimate of drug-likeness (QED) is 0.234. The maximum absolute atomic E-state index is 13.1. The highest BCUT2D eigenvalue weighted by Gasteiger charge is 2.42. The van der Waals surface area contributed by atoms with E-state index in [-0.39, 0.29) is 23.7 Å². The second-order valence-corrected chi connectivity index (χ2v) is 9.99. The summed E-state index contributed by atoms with van der Waals surface area (Å²) in [6.45, 7) is 2.97. The molecule has 0 bridgehead atoms. The van der Waals surface area contributed by atoms with Crippen LogP contribution in [0.4, 0.5) is 13.2 Å². The van der Waals surface area contributed by atoms with Gasteiger partial charge in [0.2, 0.25) is 5.91 Å². The molecule has 3 atom stereocenters. The van der Waals surface area contributed by atoms with Crippen molar-refractivity contribution < 1.29 is 37.1 Å². The molecule has 2 aromatic rings. The van der Waals surface area contributed by atoms with Crippen LogP contribution in [0.15, 0.2) is 54.6 Å². The number of piperidine rings is 1. The number of likely N-dealkylation sites (tertiary alicyclic amines) is 1. The average molecular weight is 550 g/mol. The van der Waals surface area contributed by atoms with Gasteiger partial charge in [0.25, 0.3) is 5.91 Å². The molecule has 0 spiro atoms. The first-order valence-corrected chi connectivity index (χ1v) is 12.3. The molecule has 1 aliphatic heterocycles. The number of nitrogen functional groups attached to an aromatic ring is 1. The number of aliphatic carboxylic acids is 1. The van der Waals surface area contributed by atoms with Crippen molar-refractivity contribution >= 4 is 23.6 Å². The second-order valence-electron chi connectivity index (χ2n) is 9.99. The summed E-state index contributed by atoms with van der Waals surface area (Å²) in [5, 5.41) is 22.0. The fraction of sp³-hybridized carbons (Fsp3) is 0.407. The number of carboxylic acids is 1. The first-order valence-electron chi connectivity index (χ1n) is 12.3. The minimum absolute atomic E-state index is 0.00969. The Balaban J connectivity index is 0.000000673. The lowest BCUT2D eigenvalue weighted by Gasteiger charge is -2.43. The summed E-state index contributed by atoms with van der Waals surface area (Å²) in [6, 6.07) is 16.7. The fourth-order valence-electron chi connectivity index (χ4n) is 4.29. The van der Waals surface area contributed by atoms with E-state index in [2.05, 4.69) is 36.9 Å². The number of benzene rings is 2. The van der Waals surface area contributed by atoms with E-state index in [1.54, 1.807) is 19.1 Å². The maximum atomic E-state index is 13.1. The van der Waals surface area contributed by atoms with E-state index in [1.165, 1.54) is 5.56 Å². The number of nitrogens with two attached hydrogens (primary N) is 1. The molecular weight excluding hydrogens is 515 g/mol. The SMILES string of the molecule is C[C@H](NC(=O)[C@H]1C[C@@H](c2ccccc2)CC[N+]1(C)C)C(=O)NCc1ccc(C(=N)N)cc1.O=C([O-])C(F)(F)F. The van der Waals surface area contributed by atoms with Crippen LogP contribution in [0.5, 0.6) is 0 Å². The number of hydrogen-bond acceptors (Lipinski definition) is 5. The summed E-state index contributed by atoms with van der Waals surface area (Å²) in [6.07, 6.45) is -3.39. The van der Waals surface area contributed by atoms with Gasteiger partial charge in [0, 0.05) is 24.9 Å². The van der Waals surface area contributed by atoms with Gasteiger partial charge in [-0.3, -0.25) is 15.0 Å². The smallest absolute Gasteiger partial charge is 0.430 e. The Labute approximate surface area is 225 Å². The Morgan fingerprint density at radius 3 is 2.18 bits per heavy atom. The fourth-order valence-corrected chi connectivity index (χ4v) is 4.29. The van der Waals surface area contributed by atoms with Gasteiger partial charge in [-0.1, -0.05) is 54.6 Å². The van der Waals surface area contributed by atoms with Crippen molar-refractivity contribution in [3.8, 4) is 0 Å². The van der Waals surface area contributed by atoms with Crippen molar-refractivity contribution in [1.29, 1.82) is 5.41 Å². The number of nitrogens with zero attached hydrogens (tertiary/aromatic N) is 1. The molecule has 2 amide bonds. The minimum Gasteiger partial charge on any atom is -0.542 e. The molecule has 0 saturated carbocycles. The van der Waals surface area contributed by atoms with E-state index in [1.807, 2.05) is 30.3 Å². The Bertz CT molecular complexity index is 1150. The molecule has 39 heavy (non-hydrogen) atoms. The van der Waals surface area contributed by atoms with Crippen LogP contribution in [-0.4, -0.2) is 67.0 Å². The molecular formula is C27H34F3N5O4. The maximum Gasteiger partial charge on any atom is 0.430 e. The third-order valence-electron chi connectivity index (χ3n) is 6.69. The zero-order valence-corrected chi connectivity index (χ0v) is 22.0. The summed E-state index contributed by atoms with van der Waals surface area (Å²) in [5.74, 6) is -2.96. The number of alkyl halides is 3. The highest BCUT2D eigenvalue weighted by molar-refractivity contribution is 5.95. The van der Waals surface area contributed by atoms with Crippen LogP contribution in [0.25, 0.3) is 0 Å². The predicted molar refractivity (Wildman–Crippen MR) is 137 cm³/mol. The van der Waals surface area contributed by atoms with E-state index in [0.717, 1.165) is 24.9 Å². The lowest BCUT2D eigenvalue weighted by Crippen LogP contribution is -2.61. The zero-order valence-electron chi connectivity index (χ0n) is 22.0. The number of rotatable bonds is 7. The molecule has 12 heteroatoms. The summed E-state index contributed by atoms with van der Waals surface area (Å²) in [5.41, 5.74) is 8.28. The first kappa shape index (κ1) is 31.3. The van der Waals surface area contributed by atoms with Crippen LogP contribution >= 0.6 is 0 Å². The molecule has 2 aromatic carbocycles. The van der Waals surface area contributed by atoms with Gasteiger partial charge >= 0.3 is 6.18 Å². The Kier molecular flexibility index (Phi) is 10.6. The van der Waals surface area contributed by atoms with E-state index >= 15 is 0 Å². The van der Waals surface area contributed by atoms with Gasteiger partial charge < -0.3 is 30.8 Å². The van der Waals surface area contributed by atoms with Gasteiger partial charge in [0.05, 0.1) is 20.6 Å². The van der Waals surface area contributed by atoms with Gasteiger partial charge in [-0.15, -0.1) is 0 Å². The topological polar surface area (TPSA) is 148 Å². The second kappa shape index (κ2) is 13.2. The van der Waals surface area contributed by atoms with Crippen molar-refractivity contribution in [3.63, 3.8) is 0 Å². The normalized spacial score (nSPS) is 19.0. The lowest BCUT2D eigenvalue weighted by molar-refractivity contribution is -0.911. The molecule has 3 rings (SSSR count). The number of amides is 2. The van der Waals surface area contributed by atoms with Crippen LogP contribution in [0.1, 0.15) is 42.4 Å². The first-order chi connectivity index (χ1) is 18.1. The van der Waals surface area contributed by atoms with Gasteiger partial charge in [-0.2, -0.15) is 13.2 Å². The molecule has 0 aliphatic carbocycles. The van der Waals surface area contributed by atoms with E-state index in [4.69, 9.17) is 21.0 Å². The van der Waals surface area contributed by atoms with E-state index in [9.17, 15) is 22.8 Å². The Hall–Kier alpha value is -3.93. The molecule has 5 N–H and O–H groups in total. The van der Waals surface area contributed by atoms with Crippen LogP contribution in [0, 0.1) is 5.41 Å². The average Bonchev–Trinajstić information content (AvgIpc) is 2.87. The van der Waals surface area contributed by atoms with Crippen LogP contribution in [-0.2, 0) is 20.9 Å². The summed E-state index contributed by atoms with van der Waals surface area (Å²) >= 11 is 0. The minimum atomic E-state index is -5.19. The number of amidine groups is 1. The molecule has 1 saturated heterocycles. The third kappa shape index (κ3) is 9.40. The molecule has 0 radical (unpaired) electrons. The van der Waals surface area contributed by atoms with Crippen molar-refractivity contribution in [2.75, 3.05) is 20.6 Å². The Morgan fingerprint density at radius 2 is 1.67 bits per heavy atom. The molecule has 0 unspecified atom stereocenters. The molecule has 1 fully saturated rings. The molecule has 212 valence electrons. The largest absolute Gasteiger partial charge is 0.542 e. The van der Waals surface area contributed by atoms with Crippen molar-refractivity contribution in [1.82, 2.24) is 10.6 Å². The molecule has 0 aromatic heterocycles. The molecule has 1 aliphatic rings. The molecule has 1 heterocycles. The van der Waals surface area contributed by atoms with Gasteiger partial charge in [0.15, 0.2) is 6.04 Å². The summed E-state index contributed by atoms with van der Waals surface area (Å²) in [4.78, 5) is 34.5. The van der Waals surface area contributed by atoms with Crippen molar-refractivity contribution in [2.45, 2.75) is 50.5 Å². The number of nitrogens with one attached hydrogen (secondary N) is 3. The number of carbonyl (C=O) groups is 3. The highest BCUT2D eigenvalue weighted by atomic mass is 19.4. The summed E-state index contributed by atoms with van der Waals surface area (Å²) < 4.78 is 32.2. The third-order valence-corrected chi connectivity index (χ3v) is 6.69. The lowest BCUT2D eigenvalue weighted by atomic mass is 9.84. The Morgan fingerprint density at radius 1 is 1.10 bits per heavy atom. The number of likely N-dealkylation sites (N-methyl/N-ethyl adjacent to an activating group) is 1. The number of halogens is 3. The standard InChI is InChI=1S/C25H33N5O2.C2HF3O2/c1-17(24(31)28-16-18-9-11-20(12-10-18)23(26)27)29-25(32)22-15-21(13-14-30(22,2)3)19-7-5-4-6-8-19;3-2(4,5)1(6)7/h4-12,17,21-22H,13-16H2,1-3H3,(H4-,26,27,28,29,31,32);(H,6,7)/t17-,21-,22+;/m0./s1. The number of hydrogen-bond donors (Lipinski definition) is 4. The number of carbonyl (C=O) groups excluding carboxylic acids is 3. The highest BCUT2D eigenvalue weighted by Crippen LogP contribution is 2.34. The van der Waals surface area contributed by atoms with Crippen LogP contribution in [0.3, 0.4) is 0 Å². The predicted octanol–water partition coefficient (Wildman–Crippen LogP) is 1.41. The van der Waals surface area contributed by atoms with E-state index in [0.29, 0.717) is 22.5 Å². The van der Waals surface area contributed by atoms with Crippen LogP contribution in [0.2, 0.25) is 0 Å². The van der Waals surface area contributed by atoms with Gasteiger partial charge in [-0.05, 0) is 24.0 Å². The molecule has 9 nitrogen and oxygen atoms in total. The number of quaternary nitrogens is 1. The summed E-state index contributed by atoms with van der Waals surface area (Å²) in [7, 11) is 4.17. The van der Waals surface area contributed by atoms with Gasteiger partial charge in [-0.25, -0.2) is 0 Å². The number of carboxylic acid groups (broad SMARTS) is 1.